The van der Waals surface area contributed by atoms with Gasteiger partial charge in [0, 0.05) is 66.2 Å². The number of hydrogen-bond donors (Lipinski definition) is 1. The van der Waals surface area contributed by atoms with Gasteiger partial charge in [-0.15, -0.1) is 0 Å². The molecule has 1 N–H and O–H groups in total. The summed E-state index contributed by atoms with van der Waals surface area (Å²) in [6.07, 6.45) is 4.72. The summed E-state index contributed by atoms with van der Waals surface area (Å²) in [6.45, 7) is 7.13. The first-order chi connectivity index (χ1) is 22.0. The number of anilines is 2. The van der Waals surface area contributed by atoms with Crippen LogP contribution < -0.4 is 24.4 Å². The van der Waals surface area contributed by atoms with Crippen molar-refractivity contribution in [1.82, 2.24) is 5.32 Å². The summed E-state index contributed by atoms with van der Waals surface area (Å²) in [6, 6.07) is 26.3. The molecule has 0 aliphatic carbocycles. The maximum Gasteiger partial charge on any atom is 0.294 e. The average molecular weight is 620 g/mol. The van der Waals surface area contributed by atoms with Crippen LogP contribution in [0.25, 0.3) is 22.5 Å². The number of ether oxygens (including phenoxy) is 1. The van der Waals surface area contributed by atoms with Gasteiger partial charge in [-0.2, -0.15) is 0 Å². The quantitative estimate of drug-likeness (QED) is 0.204. The number of rotatable bonds is 7. The lowest BCUT2D eigenvalue weighted by molar-refractivity contribution is -0.693. The Balaban J connectivity index is 1.34. The zero-order chi connectivity index (χ0) is 30.9. The lowest BCUT2D eigenvalue weighted by Gasteiger charge is -2.31. The average Bonchev–Trinajstić information content (AvgIpc) is 3.47. The molecule has 5 aromatic rings. The van der Waals surface area contributed by atoms with Crippen LogP contribution in [0.3, 0.4) is 0 Å². The molecule has 0 bridgehead atoms. The number of carbonyl (C=O) groups excluding carboxylic acids is 1. The summed E-state index contributed by atoms with van der Waals surface area (Å²) >= 11 is 6.16. The summed E-state index contributed by atoms with van der Waals surface area (Å²) in [5.41, 5.74) is 7.96. The molecule has 8 heteroatoms. The molecule has 0 saturated carbocycles. The third-order valence-corrected chi connectivity index (χ3v) is 9.04. The van der Waals surface area contributed by atoms with Crippen LogP contribution in [0.4, 0.5) is 11.4 Å². The maximum atomic E-state index is 14.5. The number of methoxy groups -OCH3 is 1. The van der Waals surface area contributed by atoms with Crippen LogP contribution in [0.2, 0.25) is 5.02 Å². The summed E-state index contributed by atoms with van der Waals surface area (Å²) in [7, 11) is 1.69. The molecular formula is C37H36ClN4O3+. The van der Waals surface area contributed by atoms with E-state index in [9.17, 15) is 4.79 Å². The highest BCUT2D eigenvalue weighted by molar-refractivity contribution is 6.30. The molecule has 7 rings (SSSR count). The molecule has 0 unspecified atom stereocenters. The number of carbonyl (C=O) groups is 1. The van der Waals surface area contributed by atoms with Crippen molar-refractivity contribution in [3.8, 4) is 28.2 Å². The van der Waals surface area contributed by atoms with Gasteiger partial charge in [-0.1, -0.05) is 35.9 Å². The minimum Gasteiger partial charge on any atom is -0.496 e. The van der Waals surface area contributed by atoms with E-state index in [0.717, 1.165) is 77.5 Å². The molecule has 45 heavy (non-hydrogen) atoms. The molecule has 1 amide bonds. The summed E-state index contributed by atoms with van der Waals surface area (Å²) in [5.74, 6) is 1.66. The molecule has 4 heterocycles. The van der Waals surface area contributed by atoms with Gasteiger partial charge in [0.2, 0.25) is 0 Å². The lowest BCUT2D eigenvalue weighted by Crippen LogP contribution is -2.43. The molecule has 0 spiro atoms. The minimum atomic E-state index is -0.155. The second kappa shape index (κ2) is 12.4. The second-order valence-electron chi connectivity index (χ2n) is 11.5. The summed E-state index contributed by atoms with van der Waals surface area (Å²) in [4.78, 5) is 18.8. The molecule has 1 saturated heterocycles. The summed E-state index contributed by atoms with van der Waals surface area (Å²) in [5, 5.41) is 4.09. The normalized spacial score (nSPS) is 14.6. The fourth-order valence-electron chi connectivity index (χ4n) is 6.38. The Labute approximate surface area is 268 Å². The van der Waals surface area contributed by atoms with Gasteiger partial charge in [-0.05, 0) is 72.1 Å². The van der Waals surface area contributed by atoms with E-state index < -0.39 is 0 Å². The van der Waals surface area contributed by atoms with E-state index in [1.165, 1.54) is 5.69 Å². The number of benzene rings is 3. The number of aromatic nitrogens is 1. The van der Waals surface area contributed by atoms with Crippen molar-refractivity contribution in [3.63, 3.8) is 0 Å². The minimum absolute atomic E-state index is 0.155. The van der Waals surface area contributed by atoms with Gasteiger partial charge in [0.05, 0.1) is 19.2 Å². The first kappa shape index (κ1) is 29.1. The van der Waals surface area contributed by atoms with Gasteiger partial charge in [-0.3, -0.25) is 4.79 Å². The Morgan fingerprint density at radius 2 is 1.76 bits per heavy atom. The van der Waals surface area contributed by atoms with Gasteiger partial charge in [0.15, 0.2) is 18.2 Å². The number of nitrogens with one attached hydrogen (secondary N) is 1. The van der Waals surface area contributed by atoms with Gasteiger partial charge < -0.3 is 24.3 Å². The van der Waals surface area contributed by atoms with Crippen LogP contribution >= 0.6 is 11.6 Å². The van der Waals surface area contributed by atoms with Gasteiger partial charge >= 0.3 is 0 Å². The lowest BCUT2D eigenvalue weighted by atomic mass is 9.99. The smallest absolute Gasteiger partial charge is 0.294 e. The Morgan fingerprint density at radius 3 is 2.53 bits per heavy atom. The SMILES string of the molecule is CC[n+]1ccc(OC)c(-c2ccccc2CN2C(=O)c3oc(-c4ccc(Cl)cc4)cc3Cc3cc(N4CCNCC4)ccc32)c1. The van der Waals surface area contributed by atoms with E-state index in [4.69, 9.17) is 20.8 Å². The largest absolute Gasteiger partial charge is 0.496 e. The number of pyridine rings is 1. The fraction of sp³-hybridized carbons (Fsp3) is 0.243. The number of amides is 1. The van der Waals surface area contributed by atoms with Crippen LogP contribution in [0.5, 0.6) is 5.75 Å². The predicted octanol–water partition coefficient (Wildman–Crippen LogP) is 6.74. The molecule has 2 aromatic heterocycles. The van der Waals surface area contributed by atoms with E-state index in [0.29, 0.717) is 29.5 Å². The molecule has 2 aliphatic rings. The van der Waals surface area contributed by atoms with Crippen LogP contribution in [0.15, 0.2) is 95.7 Å². The molecule has 1 fully saturated rings. The molecule has 2 aliphatic heterocycles. The van der Waals surface area contributed by atoms with E-state index in [2.05, 4.69) is 58.2 Å². The Morgan fingerprint density at radius 1 is 0.956 bits per heavy atom. The topological polar surface area (TPSA) is 61.8 Å². The molecule has 228 valence electrons. The van der Waals surface area contributed by atoms with Crippen molar-refractivity contribution in [2.75, 3.05) is 43.1 Å². The monoisotopic (exact) mass is 619 g/mol. The molecule has 0 radical (unpaired) electrons. The third-order valence-electron chi connectivity index (χ3n) is 8.79. The first-order valence-corrected chi connectivity index (χ1v) is 15.8. The molecule has 0 atom stereocenters. The van der Waals surface area contributed by atoms with Crippen molar-refractivity contribution in [2.45, 2.75) is 26.4 Å². The zero-order valence-corrected chi connectivity index (χ0v) is 26.3. The highest BCUT2D eigenvalue weighted by Crippen LogP contribution is 2.39. The number of fused-ring (bicyclic) bond motifs is 2. The Hall–Kier alpha value is -4.59. The highest BCUT2D eigenvalue weighted by atomic mass is 35.5. The van der Waals surface area contributed by atoms with E-state index in [1.807, 2.05) is 59.6 Å². The number of piperazine rings is 1. The van der Waals surface area contributed by atoms with Gasteiger partial charge in [0.25, 0.3) is 5.91 Å². The third kappa shape index (κ3) is 5.70. The van der Waals surface area contributed by atoms with Crippen molar-refractivity contribution >= 4 is 28.9 Å². The van der Waals surface area contributed by atoms with Gasteiger partial charge in [-0.25, -0.2) is 4.57 Å². The maximum absolute atomic E-state index is 14.5. The van der Waals surface area contributed by atoms with Crippen molar-refractivity contribution in [1.29, 1.82) is 0 Å². The highest BCUT2D eigenvalue weighted by Gasteiger charge is 2.32. The zero-order valence-electron chi connectivity index (χ0n) is 25.6. The molecular weight excluding hydrogens is 584 g/mol. The van der Waals surface area contributed by atoms with E-state index >= 15 is 0 Å². The molecule has 3 aromatic carbocycles. The second-order valence-corrected chi connectivity index (χ2v) is 11.9. The number of aryl methyl sites for hydroxylation is 1. The molecule has 7 nitrogen and oxygen atoms in total. The Bertz CT molecular complexity index is 1860. The van der Waals surface area contributed by atoms with Crippen molar-refractivity contribution in [2.24, 2.45) is 0 Å². The standard InChI is InChI=1S/C37H36ClN4O3/c1-3-40-17-14-34(44-2)32(24-40)31-7-5-4-6-26(31)23-42-33-13-12-30(41-18-15-39-16-19-41)21-27(33)20-28-22-35(45-36(28)37(42)43)25-8-10-29(38)11-9-25/h4-14,17,21-22,24,39H,3,15-16,18-20,23H2,1-2H3/q+1. The van der Waals surface area contributed by atoms with Crippen molar-refractivity contribution in [3.05, 3.63) is 119 Å². The van der Waals surface area contributed by atoms with E-state index in [1.54, 1.807) is 7.11 Å². The predicted molar refractivity (Wildman–Crippen MR) is 178 cm³/mol. The van der Waals surface area contributed by atoms with Gasteiger partial charge in [0.1, 0.15) is 18.1 Å². The van der Waals surface area contributed by atoms with Crippen LogP contribution in [0.1, 0.15) is 34.2 Å². The first-order valence-electron chi connectivity index (χ1n) is 15.5. The van der Waals surface area contributed by atoms with E-state index in [-0.39, 0.29) is 5.91 Å². The summed E-state index contributed by atoms with van der Waals surface area (Å²) < 4.78 is 14.3. The van der Waals surface area contributed by atoms with Crippen molar-refractivity contribution < 1.29 is 18.5 Å². The van der Waals surface area contributed by atoms with Crippen LogP contribution in [-0.4, -0.2) is 39.2 Å². The Kier molecular flexibility index (Phi) is 8.04. The van der Waals surface area contributed by atoms with Crippen LogP contribution in [-0.2, 0) is 19.5 Å². The number of nitrogens with zero attached hydrogens (tertiary/aromatic N) is 3. The number of halogens is 1. The fourth-order valence-corrected chi connectivity index (χ4v) is 6.51. The van der Waals surface area contributed by atoms with Crippen LogP contribution in [0, 0.1) is 0 Å². The number of hydrogen-bond acceptors (Lipinski definition) is 5. The number of furan rings is 1.